The Morgan fingerprint density at radius 1 is 1.82 bits per heavy atom. The van der Waals surface area contributed by atoms with Crippen molar-refractivity contribution in [3.8, 4) is 0 Å². The average Bonchev–Trinajstić information content (AvgIpc) is 1.86. The molecule has 0 aliphatic carbocycles. The first-order valence-corrected chi connectivity index (χ1v) is 3.86. The Balaban J connectivity index is 4.01. The lowest BCUT2D eigenvalue weighted by molar-refractivity contribution is -0.153. The van der Waals surface area contributed by atoms with E-state index in [-0.39, 0.29) is 0 Å². The molecule has 66 valence electrons. The Labute approximate surface area is 71.3 Å². The summed E-state index contributed by atoms with van der Waals surface area (Å²) < 4.78 is 4.69. The largest absolute Gasteiger partial charge is 0.458 e. The summed E-state index contributed by atoms with van der Waals surface area (Å²) in [5, 5.41) is 7.89. The molecule has 0 spiro atoms. The fourth-order valence-electron chi connectivity index (χ4n) is 0.627. The summed E-state index contributed by atoms with van der Waals surface area (Å²) in [5.41, 5.74) is 0. The Bertz CT molecular complexity index is 145. The van der Waals surface area contributed by atoms with Crippen LogP contribution in [0.25, 0.3) is 0 Å². The maximum absolute atomic E-state index is 10.4. The molecule has 2 unspecified atom stereocenters. The van der Waals surface area contributed by atoms with Crippen molar-refractivity contribution in [2.45, 2.75) is 38.4 Å². The van der Waals surface area contributed by atoms with Crippen molar-refractivity contribution in [3.63, 3.8) is 0 Å². The SMILES string of the molecule is CCC(O)(Cl)C(C)OC(C)=O. The molecule has 2 atom stereocenters. The van der Waals surface area contributed by atoms with Gasteiger partial charge in [-0.3, -0.25) is 4.79 Å². The zero-order chi connectivity index (χ0) is 9.07. The van der Waals surface area contributed by atoms with Crippen molar-refractivity contribution in [2.75, 3.05) is 0 Å². The van der Waals surface area contributed by atoms with Gasteiger partial charge in [-0.15, -0.1) is 0 Å². The molecule has 3 nitrogen and oxygen atoms in total. The van der Waals surface area contributed by atoms with Gasteiger partial charge in [0.15, 0.2) is 5.06 Å². The summed E-state index contributed by atoms with van der Waals surface area (Å²) in [6.45, 7) is 4.55. The number of esters is 1. The number of alkyl halides is 1. The lowest BCUT2D eigenvalue weighted by atomic mass is 10.2. The van der Waals surface area contributed by atoms with Crippen LogP contribution in [-0.2, 0) is 9.53 Å². The van der Waals surface area contributed by atoms with E-state index in [1.807, 2.05) is 0 Å². The predicted octanol–water partition coefficient (Wildman–Crippen LogP) is 1.28. The van der Waals surface area contributed by atoms with Crippen molar-refractivity contribution in [1.82, 2.24) is 0 Å². The quantitative estimate of drug-likeness (QED) is 0.526. The Morgan fingerprint density at radius 2 is 2.27 bits per heavy atom. The minimum Gasteiger partial charge on any atom is -0.458 e. The second kappa shape index (κ2) is 3.93. The minimum atomic E-state index is -1.44. The smallest absolute Gasteiger partial charge is 0.303 e. The van der Waals surface area contributed by atoms with Crippen LogP contribution in [0.15, 0.2) is 0 Å². The zero-order valence-corrected chi connectivity index (χ0v) is 7.68. The molecule has 0 bridgehead atoms. The Kier molecular flexibility index (Phi) is 3.83. The van der Waals surface area contributed by atoms with Crippen molar-refractivity contribution < 1.29 is 14.6 Å². The summed E-state index contributed by atoms with van der Waals surface area (Å²) in [6, 6.07) is 0. The molecule has 0 heterocycles. The standard InChI is InChI=1S/C7H13ClO3/c1-4-7(8,10)5(2)11-6(3)9/h5,10H,4H2,1-3H3. The molecule has 0 radical (unpaired) electrons. The van der Waals surface area contributed by atoms with Gasteiger partial charge in [0.05, 0.1) is 0 Å². The fraction of sp³-hybridized carbons (Fsp3) is 0.857. The van der Waals surface area contributed by atoms with E-state index in [4.69, 9.17) is 11.6 Å². The average molecular weight is 181 g/mol. The van der Waals surface area contributed by atoms with Crippen LogP contribution in [-0.4, -0.2) is 22.2 Å². The van der Waals surface area contributed by atoms with E-state index in [1.165, 1.54) is 6.92 Å². The van der Waals surface area contributed by atoms with Gasteiger partial charge in [0.1, 0.15) is 6.10 Å². The van der Waals surface area contributed by atoms with Gasteiger partial charge in [0, 0.05) is 6.92 Å². The van der Waals surface area contributed by atoms with E-state index >= 15 is 0 Å². The van der Waals surface area contributed by atoms with Crippen LogP contribution in [0.5, 0.6) is 0 Å². The number of halogens is 1. The number of aliphatic hydroxyl groups is 1. The van der Waals surface area contributed by atoms with Crippen LogP contribution in [0.4, 0.5) is 0 Å². The van der Waals surface area contributed by atoms with Crippen LogP contribution in [0, 0.1) is 0 Å². The van der Waals surface area contributed by atoms with Crippen molar-refractivity contribution >= 4 is 17.6 Å². The molecule has 0 rings (SSSR count). The molecular formula is C7H13ClO3. The van der Waals surface area contributed by atoms with Gasteiger partial charge in [-0.05, 0) is 13.3 Å². The van der Waals surface area contributed by atoms with E-state index in [0.717, 1.165) is 0 Å². The summed E-state index contributed by atoms with van der Waals surface area (Å²) >= 11 is 5.59. The van der Waals surface area contributed by atoms with E-state index in [1.54, 1.807) is 13.8 Å². The first kappa shape index (κ1) is 10.7. The zero-order valence-electron chi connectivity index (χ0n) is 6.93. The third kappa shape index (κ3) is 3.58. The minimum absolute atomic E-state index is 0.336. The molecule has 11 heavy (non-hydrogen) atoms. The predicted molar refractivity (Wildman–Crippen MR) is 42.3 cm³/mol. The second-order valence-corrected chi connectivity index (χ2v) is 3.08. The van der Waals surface area contributed by atoms with Crippen LogP contribution in [0.2, 0.25) is 0 Å². The van der Waals surface area contributed by atoms with Crippen LogP contribution in [0.1, 0.15) is 27.2 Å². The maximum Gasteiger partial charge on any atom is 0.303 e. The van der Waals surface area contributed by atoms with Crippen molar-refractivity contribution in [3.05, 3.63) is 0 Å². The molecular weight excluding hydrogens is 168 g/mol. The number of carbonyl (C=O) groups is 1. The van der Waals surface area contributed by atoms with Gasteiger partial charge in [0.2, 0.25) is 0 Å². The summed E-state index contributed by atoms with van der Waals surface area (Å²) in [5.74, 6) is -0.440. The molecule has 4 heteroatoms. The van der Waals surface area contributed by atoms with Crippen LogP contribution < -0.4 is 0 Å². The van der Waals surface area contributed by atoms with Gasteiger partial charge >= 0.3 is 5.97 Å². The van der Waals surface area contributed by atoms with Crippen LogP contribution in [0.3, 0.4) is 0 Å². The van der Waals surface area contributed by atoms with Gasteiger partial charge in [0.25, 0.3) is 0 Å². The highest BCUT2D eigenvalue weighted by Gasteiger charge is 2.31. The van der Waals surface area contributed by atoms with Crippen LogP contribution >= 0.6 is 11.6 Å². The fourth-order valence-corrected chi connectivity index (χ4v) is 0.671. The van der Waals surface area contributed by atoms with Gasteiger partial charge < -0.3 is 9.84 Å². The number of ether oxygens (including phenoxy) is 1. The van der Waals surface area contributed by atoms with Crippen molar-refractivity contribution in [1.29, 1.82) is 0 Å². The first-order valence-electron chi connectivity index (χ1n) is 3.48. The molecule has 0 aliphatic rings. The molecule has 0 saturated heterocycles. The third-order valence-electron chi connectivity index (χ3n) is 1.46. The van der Waals surface area contributed by atoms with Crippen molar-refractivity contribution in [2.24, 2.45) is 0 Å². The molecule has 0 fully saturated rings. The molecule has 0 aromatic heterocycles. The summed E-state index contributed by atoms with van der Waals surface area (Å²) in [7, 11) is 0. The van der Waals surface area contributed by atoms with E-state index in [2.05, 4.69) is 4.74 Å². The van der Waals surface area contributed by atoms with E-state index in [9.17, 15) is 9.90 Å². The summed E-state index contributed by atoms with van der Waals surface area (Å²) in [6.07, 6.45) is -0.338. The Morgan fingerprint density at radius 3 is 2.55 bits per heavy atom. The van der Waals surface area contributed by atoms with Gasteiger partial charge in [-0.1, -0.05) is 18.5 Å². The molecule has 0 aromatic rings. The maximum atomic E-state index is 10.4. The molecule has 0 amide bonds. The Hall–Kier alpha value is -0.280. The summed E-state index contributed by atoms with van der Waals surface area (Å²) in [4.78, 5) is 10.4. The molecule has 0 aromatic carbocycles. The topological polar surface area (TPSA) is 46.5 Å². The normalized spacial score (nSPS) is 18.6. The van der Waals surface area contributed by atoms with Gasteiger partial charge in [-0.25, -0.2) is 0 Å². The number of hydrogen-bond donors (Lipinski definition) is 1. The number of rotatable bonds is 3. The lowest BCUT2D eigenvalue weighted by Crippen LogP contribution is -2.36. The number of hydrogen-bond acceptors (Lipinski definition) is 3. The number of carbonyl (C=O) groups excluding carboxylic acids is 1. The highest BCUT2D eigenvalue weighted by atomic mass is 35.5. The monoisotopic (exact) mass is 180 g/mol. The first-order chi connectivity index (χ1) is 4.90. The van der Waals surface area contributed by atoms with E-state index < -0.39 is 17.1 Å². The molecule has 0 aliphatic heterocycles. The third-order valence-corrected chi connectivity index (χ3v) is 2.04. The lowest BCUT2D eigenvalue weighted by Gasteiger charge is -2.25. The highest BCUT2D eigenvalue weighted by molar-refractivity contribution is 6.23. The second-order valence-electron chi connectivity index (χ2n) is 2.42. The molecule has 1 N–H and O–H groups in total. The van der Waals surface area contributed by atoms with Gasteiger partial charge in [-0.2, -0.15) is 0 Å². The molecule has 0 saturated carbocycles. The highest BCUT2D eigenvalue weighted by Crippen LogP contribution is 2.22. The van der Waals surface area contributed by atoms with E-state index in [0.29, 0.717) is 6.42 Å².